The molecule has 0 saturated heterocycles. The second-order valence-corrected chi connectivity index (χ2v) is 7.77. The summed E-state index contributed by atoms with van der Waals surface area (Å²) >= 11 is 0. The first-order valence-corrected chi connectivity index (χ1v) is 11.6. The summed E-state index contributed by atoms with van der Waals surface area (Å²) in [6, 6.07) is 32.3. The summed E-state index contributed by atoms with van der Waals surface area (Å²) < 4.78 is 12.2. The molecule has 0 radical (unpaired) electrons. The van der Waals surface area contributed by atoms with Crippen LogP contribution in [-0.4, -0.2) is 0 Å². The van der Waals surface area contributed by atoms with Gasteiger partial charge in [0.25, 0.3) is 0 Å². The molecule has 0 aliphatic carbocycles. The van der Waals surface area contributed by atoms with Crippen LogP contribution in [0.15, 0.2) is 91.0 Å². The Morgan fingerprint density at radius 1 is 0.735 bits per heavy atom. The number of aryl methyl sites for hydroxylation is 1. The van der Waals surface area contributed by atoms with Crippen molar-refractivity contribution in [3.05, 3.63) is 119 Å². The first kappa shape index (κ1) is 24.6. The molecule has 0 aliphatic rings. The van der Waals surface area contributed by atoms with Crippen LogP contribution < -0.4 is 9.47 Å². The topological polar surface area (TPSA) is 42.2 Å². The third-order valence-electron chi connectivity index (χ3n) is 5.54. The minimum absolute atomic E-state index is 0.401. The van der Waals surface area contributed by atoms with Gasteiger partial charge in [-0.2, -0.15) is 5.26 Å². The molecule has 0 atom stereocenters. The van der Waals surface area contributed by atoms with Gasteiger partial charge in [0.2, 0.25) is 0 Å². The van der Waals surface area contributed by atoms with E-state index >= 15 is 0 Å². The van der Waals surface area contributed by atoms with Gasteiger partial charge in [0.05, 0.1) is 11.6 Å². The van der Waals surface area contributed by atoms with Gasteiger partial charge in [-0.25, -0.2) is 0 Å². The minimum atomic E-state index is 0.401. The van der Waals surface area contributed by atoms with Crippen molar-refractivity contribution < 1.29 is 9.47 Å². The summed E-state index contributed by atoms with van der Waals surface area (Å²) in [6.07, 6.45) is 0. The van der Waals surface area contributed by atoms with Gasteiger partial charge in [0.15, 0.2) is 0 Å². The van der Waals surface area contributed by atoms with Gasteiger partial charge >= 0.3 is 0 Å². The predicted octanol–water partition coefficient (Wildman–Crippen LogP) is 8.03. The van der Waals surface area contributed by atoms with Crippen molar-refractivity contribution in [2.24, 2.45) is 0 Å². The van der Waals surface area contributed by atoms with Crippen molar-refractivity contribution in [3.8, 4) is 28.7 Å². The van der Waals surface area contributed by atoms with Crippen LogP contribution in [-0.2, 0) is 13.2 Å². The lowest BCUT2D eigenvalue weighted by Gasteiger charge is -2.15. The number of hydrogen-bond acceptors (Lipinski definition) is 3. The van der Waals surface area contributed by atoms with Crippen LogP contribution in [0.2, 0.25) is 0 Å². The Kier molecular flexibility index (Phi) is 8.88. The fourth-order valence-electron chi connectivity index (χ4n) is 3.65. The molecule has 4 rings (SSSR count). The molecule has 0 amide bonds. The van der Waals surface area contributed by atoms with E-state index in [1.54, 1.807) is 6.07 Å². The van der Waals surface area contributed by atoms with Gasteiger partial charge in [-0.3, -0.25) is 0 Å². The van der Waals surface area contributed by atoms with Gasteiger partial charge < -0.3 is 9.47 Å². The molecule has 0 unspecified atom stereocenters. The molecule has 0 saturated carbocycles. The van der Waals surface area contributed by atoms with E-state index in [0.717, 1.165) is 28.2 Å². The Morgan fingerprint density at radius 3 is 2.26 bits per heavy atom. The molecular weight excluding hydrogens is 418 g/mol. The standard InChI is InChI=1S/C29H25NO2.C2H6/c1-21-14-15-27(17-29(21)32-19-24-9-6-8-23(16-24)18-30)31-20-26-12-7-13-28(22(26)2)25-10-4-3-5-11-25;1-2/h3-17H,19-20H2,1-2H3;1-2H3. The number of nitrogens with zero attached hydrogens (tertiary/aromatic N) is 1. The molecule has 0 heterocycles. The van der Waals surface area contributed by atoms with Crippen molar-refractivity contribution in [1.82, 2.24) is 0 Å². The zero-order valence-electron chi connectivity index (χ0n) is 20.3. The van der Waals surface area contributed by atoms with E-state index in [4.69, 9.17) is 14.7 Å². The number of nitriles is 1. The third-order valence-corrected chi connectivity index (χ3v) is 5.54. The molecule has 34 heavy (non-hydrogen) atoms. The number of hydrogen-bond donors (Lipinski definition) is 0. The van der Waals surface area contributed by atoms with Gasteiger partial charge in [-0.15, -0.1) is 0 Å². The third kappa shape index (κ3) is 6.27. The van der Waals surface area contributed by atoms with Crippen LogP contribution in [0.1, 0.15) is 41.7 Å². The Balaban J connectivity index is 0.00000158. The lowest BCUT2D eigenvalue weighted by molar-refractivity contribution is 0.288. The average Bonchev–Trinajstić information content (AvgIpc) is 2.90. The van der Waals surface area contributed by atoms with Crippen LogP contribution >= 0.6 is 0 Å². The summed E-state index contributed by atoms with van der Waals surface area (Å²) in [5, 5.41) is 9.07. The van der Waals surface area contributed by atoms with Crippen LogP contribution in [0.5, 0.6) is 11.5 Å². The quantitative estimate of drug-likeness (QED) is 0.287. The molecular formula is C31H31NO2. The molecule has 172 valence electrons. The smallest absolute Gasteiger partial charge is 0.126 e. The van der Waals surface area contributed by atoms with Crippen LogP contribution in [0.25, 0.3) is 11.1 Å². The van der Waals surface area contributed by atoms with E-state index < -0.39 is 0 Å². The largest absolute Gasteiger partial charge is 0.489 e. The van der Waals surface area contributed by atoms with E-state index in [0.29, 0.717) is 18.8 Å². The lowest BCUT2D eigenvalue weighted by atomic mass is 9.97. The highest BCUT2D eigenvalue weighted by Crippen LogP contribution is 2.28. The summed E-state index contributed by atoms with van der Waals surface area (Å²) in [5.41, 5.74) is 7.44. The highest BCUT2D eigenvalue weighted by atomic mass is 16.5. The number of benzene rings is 4. The number of rotatable bonds is 7. The highest BCUT2D eigenvalue weighted by molar-refractivity contribution is 5.68. The second-order valence-electron chi connectivity index (χ2n) is 7.77. The zero-order chi connectivity index (χ0) is 24.3. The van der Waals surface area contributed by atoms with Crippen LogP contribution in [0, 0.1) is 25.2 Å². The average molecular weight is 450 g/mol. The van der Waals surface area contributed by atoms with E-state index in [1.165, 1.54) is 16.7 Å². The first-order valence-electron chi connectivity index (χ1n) is 11.6. The summed E-state index contributed by atoms with van der Waals surface area (Å²) in [4.78, 5) is 0. The fraction of sp³-hybridized carbons (Fsp3) is 0.194. The SMILES string of the molecule is CC.Cc1ccc(OCc2cccc(-c3ccccc3)c2C)cc1OCc1cccc(C#N)c1. The van der Waals surface area contributed by atoms with Gasteiger partial charge in [0.1, 0.15) is 24.7 Å². The maximum Gasteiger partial charge on any atom is 0.126 e. The normalized spacial score (nSPS) is 9.97. The Hall–Kier alpha value is -4.03. The molecule has 0 bridgehead atoms. The first-order chi connectivity index (χ1) is 16.6. The molecule has 0 aliphatic heterocycles. The van der Waals surface area contributed by atoms with E-state index in [2.05, 4.69) is 55.5 Å². The van der Waals surface area contributed by atoms with Crippen molar-refractivity contribution >= 4 is 0 Å². The van der Waals surface area contributed by atoms with Crippen LogP contribution in [0.4, 0.5) is 0 Å². The fourth-order valence-corrected chi connectivity index (χ4v) is 3.65. The summed E-state index contributed by atoms with van der Waals surface area (Å²) in [5.74, 6) is 1.54. The van der Waals surface area contributed by atoms with Gasteiger partial charge in [-0.05, 0) is 65.4 Å². The monoisotopic (exact) mass is 449 g/mol. The van der Waals surface area contributed by atoms with Gasteiger partial charge in [-0.1, -0.05) is 80.6 Å². The highest BCUT2D eigenvalue weighted by Gasteiger charge is 2.08. The molecule has 0 fully saturated rings. The summed E-state index contributed by atoms with van der Waals surface area (Å²) in [6.45, 7) is 9.04. The second kappa shape index (κ2) is 12.3. The maximum atomic E-state index is 9.07. The van der Waals surface area contributed by atoms with Crippen molar-refractivity contribution in [3.63, 3.8) is 0 Å². The lowest BCUT2D eigenvalue weighted by Crippen LogP contribution is -2.01. The molecule has 0 N–H and O–H groups in total. The Morgan fingerprint density at radius 2 is 1.50 bits per heavy atom. The zero-order valence-corrected chi connectivity index (χ0v) is 20.3. The molecule has 4 aromatic rings. The van der Waals surface area contributed by atoms with E-state index in [1.807, 2.05) is 63.2 Å². The minimum Gasteiger partial charge on any atom is -0.489 e. The molecule has 0 spiro atoms. The maximum absolute atomic E-state index is 9.07. The van der Waals surface area contributed by atoms with Crippen molar-refractivity contribution in [2.75, 3.05) is 0 Å². The molecule has 4 aromatic carbocycles. The molecule has 3 heteroatoms. The van der Waals surface area contributed by atoms with Crippen LogP contribution in [0.3, 0.4) is 0 Å². The van der Waals surface area contributed by atoms with Gasteiger partial charge in [0, 0.05) is 6.07 Å². The Bertz CT molecular complexity index is 1260. The number of ether oxygens (including phenoxy) is 2. The summed E-state index contributed by atoms with van der Waals surface area (Å²) in [7, 11) is 0. The molecule has 3 nitrogen and oxygen atoms in total. The van der Waals surface area contributed by atoms with E-state index in [-0.39, 0.29) is 0 Å². The van der Waals surface area contributed by atoms with Crippen molar-refractivity contribution in [2.45, 2.75) is 40.9 Å². The Labute approximate surface area is 203 Å². The molecule has 0 aromatic heterocycles. The van der Waals surface area contributed by atoms with E-state index in [9.17, 15) is 0 Å². The van der Waals surface area contributed by atoms with Crippen molar-refractivity contribution in [1.29, 1.82) is 5.26 Å². The predicted molar refractivity (Wildman–Crippen MR) is 139 cm³/mol.